The molecule has 10 nitrogen and oxygen atoms in total. The standard InChI is InChI=1S/2C26H27N5.2Pt/c2*1-25(2,3)17-11-19-20-12-18(26(4,5)6)14-22(31-10-8-28-16-31)24(20)29-23(19)21(13-17)30-9-7-27-15-30;;/h2*7-14,27H,1-6H3;;/q2*-2;;. The first-order valence-electron chi connectivity index (χ1n) is 21.2. The number of fused-ring (bicyclic) bond motifs is 6. The minimum atomic E-state index is 0. The molecule has 0 saturated heterocycles. The summed E-state index contributed by atoms with van der Waals surface area (Å²) in [6.45, 7) is 26.9. The Balaban J connectivity index is 0.000000186. The van der Waals surface area contributed by atoms with Crippen LogP contribution < -0.4 is 19.9 Å². The zero-order chi connectivity index (χ0) is 43.9. The fourth-order valence-corrected chi connectivity index (χ4v) is 7.98. The Bertz CT molecular complexity index is 2760. The molecule has 64 heavy (non-hydrogen) atoms. The average molecular weight is 1210 g/mol. The van der Waals surface area contributed by atoms with Crippen LogP contribution in [0.2, 0.25) is 0 Å². The van der Waals surface area contributed by atoms with E-state index in [-0.39, 0.29) is 63.8 Å². The Morgan fingerprint density at radius 1 is 0.406 bits per heavy atom. The summed E-state index contributed by atoms with van der Waals surface area (Å²) in [5, 5.41) is 4.63. The minimum absolute atomic E-state index is 0. The molecule has 336 valence electrons. The van der Waals surface area contributed by atoms with Gasteiger partial charge in [-0.15, -0.1) is 22.1 Å². The molecule has 0 saturated carbocycles. The molecule has 0 unspecified atom stereocenters. The molecule has 0 aliphatic heterocycles. The smallest absolute Gasteiger partial charge is 0.241 e. The summed E-state index contributed by atoms with van der Waals surface area (Å²) in [4.78, 5) is 24.7. The van der Waals surface area contributed by atoms with Gasteiger partial charge in [-0.1, -0.05) is 156 Å². The van der Waals surface area contributed by atoms with Gasteiger partial charge in [-0.25, -0.2) is 0 Å². The molecule has 0 amide bonds. The van der Waals surface area contributed by atoms with E-state index in [1.54, 1.807) is 12.4 Å². The second kappa shape index (κ2) is 16.9. The summed E-state index contributed by atoms with van der Waals surface area (Å²) >= 11 is 0. The number of nitrogens with zero attached hydrogens (tertiary/aromatic N) is 8. The minimum Gasteiger partial charge on any atom is -0.668 e. The van der Waals surface area contributed by atoms with Crippen molar-refractivity contribution in [2.75, 3.05) is 0 Å². The van der Waals surface area contributed by atoms with Crippen molar-refractivity contribution in [3.63, 3.8) is 0 Å². The number of H-pyrrole nitrogens is 2. The molecule has 2 N–H and O–H groups in total. The molecule has 0 atom stereocenters. The predicted molar refractivity (Wildman–Crippen MR) is 246 cm³/mol. The average Bonchev–Trinajstić information content (AvgIpc) is 4.06. The van der Waals surface area contributed by atoms with E-state index in [0.29, 0.717) is 0 Å². The summed E-state index contributed by atoms with van der Waals surface area (Å²) in [5.41, 5.74) is 13.0. The first kappa shape index (κ1) is 46.7. The van der Waals surface area contributed by atoms with Crippen LogP contribution in [0.5, 0.6) is 0 Å². The quantitative estimate of drug-likeness (QED) is 0.164. The second-order valence-electron chi connectivity index (χ2n) is 20.5. The Morgan fingerprint density at radius 3 is 0.906 bits per heavy atom. The largest absolute Gasteiger partial charge is 0.668 e. The topological polar surface area (TPSA) is 102 Å². The molecule has 0 aliphatic carbocycles. The van der Waals surface area contributed by atoms with Gasteiger partial charge in [0.2, 0.25) is 12.7 Å². The number of aromatic amines is 2. The molecule has 12 heteroatoms. The van der Waals surface area contributed by atoms with Crippen molar-refractivity contribution in [3.05, 3.63) is 146 Å². The summed E-state index contributed by atoms with van der Waals surface area (Å²) in [7, 11) is 0. The third-order valence-electron chi connectivity index (χ3n) is 11.8. The van der Waals surface area contributed by atoms with E-state index >= 15 is 0 Å². The van der Waals surface area contributed by atoms with Gasteiger partial charge in [0.25, 0.3) is 0 Å². The van der Waals surface area contributed by atoms with E-state index in [4.69, 9.17) is 9.97 Å². The number of aromatic nitrogens is 10. The number of rotatable bonds is 4. The van der Waals surface area contributed by atoms with Crippen LogP contribution in [-0.4, -0.2) is 28.2 Å². The predicted octanol–water partition coefficient (Wildman–Crippen LogP) is 9.87. The van der Waals surface area contributed by atoms with Crippen molar-refractivity contribution in [3.8, 4) is 22.7 Å². The van der Waals surface area contributed by atoms with Crippen LogP contribution in [0.4, 0.5) is 0 Å². The van der Waals surface area contributed by atoms with Crippen LogP contribution in [0.1, 0.15) is 105 Å². The van der Waals surface area contributed by atoms with Crippen LogP contribution in [0, 0.1) is 25.3 Å². The van der Waals surface area contributed by atoms with Crippen LogP contribution in [0.25, 0.3) is 66.4 Å². The van der Waals surface area contributed by atoms with Crippen molar-refractivity contribution in [2.24, 2.45) is 0 Å². The van der Waals surface area contributed by atoms with Gasteiger partial charge in [0, 0.05) is 90.9 Å². The van der Waals surface area contributed by atoms with Crippen LogP contribution in [0.3, 0.4) is 0 Å². The number of nitrogens with one attached hydrogen (secondary N) is 2. The van der Waals surface area contributed by atoms with E-state index in [1.807, 2.05) is 55.4 Å². The molecule has 4 aromatic carbocycles. The first-order chi connectivity index (χ1) is 29.3. The Morgan fingerprint density at radius 2 is 0.688 bits per heavy atom. The molecule has 0 bridgehead atoms. The molecule has 0 aliphatic rings. The van der Waals surface area contributed by atoms with Gasteiger partial charge in [0.05, 0.1) is 0 Å². The SMILES string of the molecule is CC(C)(C)c1cc(-n2[c-]ncc2)c2[n-]c3c(-n4[c-][nH+]cc4)cc(C(C)(C)C)cc3c2c1.CC(C)(C)c1cc(-n2[c-]ncc2)c2[n-]c3c(-n4[c-][nH+]cc4)cc(C(C)(C)C)cc3c2c1.[Pt].[Pt]. The molecular formula is C52H54N10Pt2-4. The summed E-state index contributed by atoms with van der Waals surface area (Å²) in [5.74, 6) is 0. The Hall–Kier alpha value is -5.30. The molecule has 10 rings (SSSR count). The van der Waals surface area contributed by atoms with Crippen molar-refractivity contribution in [1.29, 1.82) is 0 Å². The van der Waals surface area contributed by atoms with Crippen molar-refractivity contribution in [2.45, 2.75) is 105 Å². The van der Waals surface area contributed by atoms with Crippen LogP contribution in [0.15, 0.2) is 98.1 Å². The fraction of sp³-hybridized carbons (Fsp3) is 0.308. The zero-order valence-corrected chi connectivity index (χ0v) is 43.0. The maximum atomic E-state index is 5.15. The molecule has 10 aromatic rings. The summed E-state index contributed by atoms with van der Waals surface area (Å²) < 4.78 is 7.83. The Labute approximate surface area is 404 Å². The van der Waals surface area contributed by atoms with E-state index < -0.39 is 0 Å². The van der Waals surface area contributed by atoms with Gasteiger partial charge >= 0.3 is 0 Å². The van der Waals surface area contributed by atoms with Crippen molar-refractivity contribution >= 4 is 43.6 Å². The first-order valence-corrected chi connectivity index (χ1v) is 21.2. The number of benzene rings is 4. The van der Waals surface area contributed by atoms with Gasteiger partial charge in [0.15, 0.2) is 0 Å². The van der Waals surface area contributed by atoms with Gasteiger partial charge in [-0.3, -0.25) is 0 Å². The molecule has 0 radical (unpaired) electrons. The van der Waals surface area contributed by atoms with Crippen LogP contribution >= 0.6 is 0 Å². The van der Waals surface area contributed by atoms with E-state index in [9.17, 15) is 0 Å². The molecule has 6 heterocycles. The van der Waals surface area contributed by atoms with Gasteiger partial charge < -0.3 is 48.2 Å². The van der Waals surface area contributed by atoms with Crippen molar-refractivity contribution in [1.82, 2.24) is 38.2 Å². The van der Waals surface area contributed by atoms with Gasteiger partial charge in [-0.05, 0) is 76.8 Å². The molecule has 0 spiro atoms. The monoisotopic (exact) mass is 1210 g/mol. The molecule has 0 fully saturated rings. The number of hydrogen-bond donors (Lipinski definition) is 0. The molecule has 6 aromatic heterocycles. The summed E-state index contributed by atoms with van der Waals surface area (Å²) in [6.07, 6.45) is 27.5. The van der Waals surface area contributed by atoms with Gasteiger partial charge in [-0.2, -0.15) is 0 Å². The summed E-state index contributed by atoms with van der Waals surface area (Å²) in [6, 6.07) is 18.1. The third kappa shape index (κ3) is 8.64. The number of imidazole rings is 4. The second-order valence-corrected chi connectivity index (χ2v) is 20.5. The maximum Gasteiger partial charge on any atom is 0.241 e. The van der Waals surface area contributed by atoms with Crippen LogP contribution in [-0.2, 0) is 63.8 Å². The Kier molecular flexibility index (Phi) is 12.3. The fourth-order valence-electron chi connectivity index (χ4n) is 7.98. The van der Waals surface area contributed by atoms with E-state index in [1.165, 1.54) is 22.3 Å². The maximum absolute atomic E-state index is 5.15. The molecular weight excluding hydrogens is 1150 g/mol. The van der Waals surface area contributed by atoms with E-state index in [2.05, 4.69) is 177 Å². The van der Waals surface area contributed by atoms with Gasteiger partial charge in [0.1, 0.15) is 0 Å². The third-order valence-corrected chi connectivity index (χ3v) is 11.8. The number of hydrogen-bond acceptors (Lipinski definition) is 2. The zero-order valence-electron chi connectivity index (χ0n) is 38.4. The normalized spacial score (nSPS) is 12.4. The van der Waals surface area contributed by atoms with Crippen molar-refractivity contribution < 1.29 is 52.1 Å². The van der Waals surface area contributed by atoms with E-state index in [0.717, 1.165) is 66.4 Å².